The highest BCUT2D eigenvalue weighted by Gasteiger charge is 2.39. The highest BCUT2D eigenvalue weighted by Crippen LogP contribution is 2.23. The minimum atomic E-state index is -5.08. The average Bonchev–Trinajstić information content (AvgIpc) is 3.14. The first kappa shape index (κ1) is 55.4. The van der Waals surface area contributed by atoms with E-state index in [2.05, 4.69) is 26.6 Å². The normalized spacial score (nSPS) is 13.4. The maximum Gasteiger partial charge on any atom is 0.490 e. The van der Waals surface area contributed by atoms with E-state index < -0.39 is 42.5 Å². The molecule has 24 heteroatoms. The summed E-state index contributed by atoms with van der Waals surface area (Å²) >= 11 is 0. The smallest absolute Gasteiger partial charge is 0.475 e. The molecule has 0 unspecified atom stereocenters. The monoisotopic (exact) mass is 858 g/mol. The van der Waals surface area contributed by atoms with Gasteiger partial charge < -0.3 is 47.6 Å². The third-order valence-electron chi connectivity index (χ3n) is 7.39. The molecular formula is C34H51F9N6O9. The van der Waals surface area contributed by atoms with Gasteiger partial charge in [0.15, 0.2) is 0 Å². The topological polar surface area (TPSA) is 249 Å². The summed E-state index contributed by atoms with van der Waals surface area (Å²) in [5.74, 6) is -8.84. The Morgan fingerprint density at radius 1 is 0.638 bits per heavy atom. The van der Waals surface area contributed by atoms with E-state index in [9.17, 15) is 53.9 Å². The van der Waals surface area contributed by atoms with Crippen molar-refractivity contribution in [3.63, 3.8) is 0 Å². The maximum atomic E-state index is 12.9. The molecule has 1 atom stereocenters. The Morgan fingerprint density at radius 3 is 1.50 bits per heavy atom. The van der Waals surface area contributed by atoms with Gasteiger partial charge in [0, 0.05) is 19.0 Å². The third kappa shape index (κ3) is 31.4. The number of nitrogens with one attached hydrogen (secondary N) is 5. The number of rotatable bonds is 19. The second-order valence-electron chi connectivity index (χ2n) is 12.3. The summed E-state index contributed by atoms with van der Waals surface area (Å²) in [6.45, 7) is 5.05. The second kappa shape index (κ2) is 30.4. The van der Waals surface area contributed by atoms with Crippen molar-refractivity contribution < 1.29 is 83.6 Å². The number of carboxylic acid groups (broad SMARTS) is 3. The van der Waals surface area contributed by atoms with E-state index in [0.29, 0.717) is 6.54 Å². The van der Waals surface area contributed by atoms with Crippen molar-refractivity contribution in [3.8, 4) is 0 Å². The number of hydrogen-bond acceptors (Lipinski definition) is 9. The van der Waals surface area contributed by atoms with E-state index in [1.165, 1.54) is 0 Å². The van der Waals surface area contributed by atoms with E-state index in [0.717, 1.165) is 96.1 Å². The molecule has 0 saturated heterocycles. The lowest BCUT2D eigenvalue weighted by atomic mass is 9.88. The molecule has 1 aromatic rings. The molecule has 3 amide bonds. The largest absolute Gasteiger partial charge is 0.490 e. The highest BCUT2D eigenvalue weighted by atomic mass is 19.4. The Kier molecular flexibility index (Phi) is 29.0. The van der Waals surface area contributed by atoms with Crippen molar-refractivity contribution in [3.05, 3.63) is 35.9 Å². The van der Waals surface area contributed by atoms with E-state index in [4.69, 9.17) is 35.4 Å². The zero-order valence-corrected chi connectivity index (χ0v) is 31.3. The maximum absolute atomic E-state index is 12.9. The first-order valence-corrected chi connectivity index (χ1v) is 17.8. The fraction of sp³-hybridized carbons (Fsp3) is 0.647. The van der Waals surface area contributed by atoms with Gasteiger partial charge in [-0.25, -0.2) is 14.4 Å². The van der Waals surface area contributed by atoms with Crippen molar-refractivity contribution in [2.24, 2.45) is 11.7 Å². The molecule has 1 fully saturated rings. The van der Waals surface area contributed by atoms with Crippen LogP contribution >= 0.6 is 0 Å². The van der Waals surface area contributed by atoms with Gasteiger partial charge in [-0.1, -0.05) is 49.6 Å². The number of carbonyl (C=O) groups is 6. The van der Waals surface area contributed by atoms with Crippen molar-refractivity contribution in [1.29, 1.82) is 0 Å². The summed E-state index contributed by atoms with van der Waals surface area (Å²) in [4.78, 5) is 64.8. The fourth-order valence-corrected chi connectivity index (χ4v) is 4.45. The predicted octanol–water partition coefficient (Wildman–Crippen LogP) is 3.12. The molecular weight excluding hydrogens is 807 g/mol. The van der Waals surface area contributed by atoms with Crippen LogP contribution in [0.5, 0.6) is 0 Å². The van der Waals surface area contributed by atoms with Crippen LogP contribution in [0.25, 0.3) is 0 Å². The van der Waals surface area contributed by atoms with Crippen LogP contribution in [0.4, 0.5) is 39.5 Å². The first-order valence-electron chi connectivity index (χ1n) is 17.8. The molecule has 0 radical (unpaired) electrons. The summed E-state index contributed by atoms with van der Waals surface area (Å²) in [5, 5.41) is 36.8. The summed E-state index contributed by atoms with van der Waals surface area (Å²) in [5.41, 5.74) is 6.38. The number of nitrogens with two attached hydrogens (primary N) is 1. The standard InChI is InChI=1S/C28H48N6O3.3C2HF3O2/c29-15-9-18-30-16-7-8-17-31-19-10-20-32-28(37)25(34-27(36)24-13-5-2-6-14-24)22-33-26(35)21-23-11-3-1-4-12-23;3*3-2(4,5)1(6)7/h1,3-4,11-12,24-25,30-31H,2,5-10,13-22,29H2,(H,32,37)(H,33,35)(H,34,36);3*(H,6,7)/t25-;;;/m0.../s1. The molecule has 10 N–H and O–H groups in total. The lowest BCUT2D eigenvalue weighted by Gasteiger charge is -2.25. The lowest BCUT2D eigenvalue weighted by molar-refractivity contribution is -0.193. The van der Waals surface area contributed by atoms with Crippen LogP contribution in [0.1, 0.15) is 63.4 Å². The van der Waals surface area contributed by atoms with Gasteiger partial charge in [-0.15, -0.1) is 0 Å². The molecule has 334 valence electrons. The van der Waals surface area contributed by atoms with Gasteiger partial charge in [-0.3, -0.25) is 14.4 Å². The molecule has 0 spiro atoms. The van der Waals surface area contributed by atoms with Crippen LogP contribution in [0.15, 0.2) is 30.3 Å². The van der Waals surface area contributed by atoms with E-state index in [1.54, 1.807) is 0 Å². The number of alkyl halides is 9. The highest BCUT2D eigenvalue weighted by molar-refractivity contribution is 5.89. The average molecular weight is 859 g/mol. The molecule has 1 aliphatic carbocycles. The molecule has 1 saturated carbocycles. The van der Waals surface area contributed by atoms with Crippen molar-refractivity contribution >= 4 is 35.6 Å². The van der Waals surface area contributed by atoms with Gasteiger partial charge in [0.25, 0.3) is 0 Å². The molecule has 1 aliphatic rings. The zero-order chi connectivity index (χ0) is 44.8. The van der Waals surface area contributed by atoms with Crippen molar-refractivity contribution in [1.82, 2.24) is 26.6 Å². The number of amides is 3. The SMILES string of the molecule is NCCCNCCCCNCCCNC(=O)[C@H](CNC(=O)Cc1ccccc1)NC(=O)C1CCCCC1.O=C(O)C(F)(F)F.O=C(O)C(F)(F)F.O=C(O)C(F)(F)F. The minimum Gasteiger partial charge on any atom is -0.475 e. The summed E-state index contributed by atoms with van der Waals surface area (Å²) < 4.78 is 95.2. The van der Waals surface area contributed by atoms with Gasteiger partial charge in [-0.05, 0) is 76.8 Å². The Labute approximate surface area is 328 Å². The van der Waals surface area contributed by atoms with Gasteiger partial charge in [0.2, 0.25) is 17.7 Å². The van der Waals surface area contributed by atoms with E-state index in [-0.39, 0.29) is 36.6 Å². The molecule has 2 rings (SSSR count). The molecule has 0 aliphatic heterocycles. The number of carboxylic acids is 3. The van der Waals surface area contributed by atoms with Crippen LogP contribution in [-0.4, -0.2) is 121 Å². The summed E-state index contributed by atoms with van der Waals surface area (Å²) in [6.07, 6.45) is -6.04. The minimum absolute atomic E-state index is 0.0517. The van der Waals surface area contributed by atoms with Gasteiger partial charge in [0.1, 0.15) is 6.04 Å². The van der Waals surface area contributed by atoms with Crippen molar-refractivity contribution in [2.75, 3.05) is 45.8 Å². The van der Waals surface area contributed by atoms with Crippen LogP contribution in [0.2, 0.25) is 0 Å². The summed E-state index contributed by atoms with van der Waals surface area (Å²) in [7, 11) is 0. The van der Waals surface area contributed by atoms with Crippen molar-refractivity contribution in [2.45, 2.75) is 88.8 Å². The van der Waals surface area contributed by atoms with E-state index in [1.807, 2.05) is 30.3 Å². The van der Waals surface area contributed by atoms with Crippen LogP contribution in [0.3, 0.4) is 0 Å². The Morgan fingerprint density at radius 2 is 1.07 bits per heavy atom. The van der Waals surface area contributed by atoms with Gasteiger partial charge in [-0.2, -0.15) is 39.5 Å². The Bertz CT molecular complexity index is 1290. The number of unbranched alkanes of at least 4 members (excludes halogenated alkanes) is 1. The molecule has 58 heavy (non-hydrogen) atoms. The van der Waals surface area contributed by atoms with Gasteiger partial charge >= 0.3 is 36.4 Å². The third-order valence-corrected chi connectivity index (χ3v) is 7.39. The number of hydrogen-bond donors (Lipinski definition) is 9. The van der Waals surface area contributed by atoms with Gasteiger partial charge in [0.05, 0.1) is 6.42 Å². The molecule has 1 aromatic carbocycles. The van der Waals surface area contributed by atoms with E-state index >= 15 is 0 Å². The number of halogens is 9. The Hall–Kier alpha value is -4.71. The Balaban J connectivity index is 0. The number of aliphatic carboxylic acids is 3. The van der Waals surface area contributed by atoms with Crippen LogP contribution < -0.4 is 32.3 Å². The van der Waals surface area contributed by atoms with Crippen LogP contribution in [0, 0.1) is 5.92 Å². The molecule has 0 heterocycles. The van der Waals surface area contributed by atoms with Crippen LogP contribution in [-0.2, 0) is 35.2 Å². The first-order chi connectivity index (χ1) is 26.9. The number of carbonyl (C=O) groups excluding carboxylic acids is 3. The summed E-state index contributed by atoms with van der Waals surface area (Å²) in [6, 6.07) is 8.68. The predicted molar refractivity (Wildman–Crippen MR) is 189 cm³/mol. The number of benzene rings is 1. The fourth-order valence-electron chi connectivity index (χ4n) is 4.45. The lowest BCUT2D eigenvalue weighted by Crippen LogP contribution is -2.54. The second-order valence-corrected chi connectivity index (χ2v) is 12.3. The molecule has 0 aromatic heterocycles. The molecule has 15 nitrogen and oxygen atoms in total. The quantitative estimate of drug-likeness (QED) is 0.0720. The zero-order valence-electron chi connectivity index (χ0n) is 31.3. The molecule has 0 bridgehead atoms.